The minimum Gasteiger partial charge on any atom is -0.481 e. The van der Waals surface area contributed by atoms with E-state index in [2.05, 4.69) is 10.3 Å². The van der Waals surface area contributed by atoms with Crippen LogP contribution >= 0.6 is 0 Å². The van der Waals surface area contributed by atoms with Crippen molar-refractivity contribution in [3.63, 3.8) is 0 Å². The van der Waals surface area contributed by atoms with Gasteiger partial charge in [-0.25, -0.2) is 4.98 Å². The summed E-state index contributed by atoms with van der Waals surface area (Å²) in [4.78, 5) is 4.06. The molecule has 0 fully saturated rings. The molecule has 4 heteroatoms. The average molecular weight is 198 g/mol. The number of aromatic nitrogens is 1. The molecule has 78 valence electrons. The minimum absolute atomic E-state index is 0.281. The van der Waals surface area contributed by atoms with Crippen LogP contribution in [0.3, 0.4) is 0 Å². The van der Waals surface area contributed by atoms with Crippen molar-refractivity contribution >= 4 is 0 Å². The molecule has 0 saturated carbocycles. The quantitative estimate of drug-likeness (QED) is 0.704. The van der Waals surface area contributed by atoms with Crippen LogP contribution in [-0.2, 0) is 6.54 Å². The molecule has 0 aliphatic carbocycles. The highest BCUT2D eigenvalue weighted by Crippen LogP contribution is 2.12. The molecule has 0 spiro atoms. The number of alkyl halides is 1. The van der Waals surface area contributed by atoms with Gasteiger partial charge in [0.15, 0.2) is 0 Å². The van der Waals surface area contributed by atoms with Crippen LogP contribution in [0.25, 0.3) is 0 Å². The standard InChI is InChI=1S/C10H15FN2O/c1-14-10-9(4-2-7-13-10)8-12-6-3-5-11/h2,4,7,12H,3,5-6,8H2,1H3. The van der Waals surface area contributed by atoms with Crippen molar-refractivity contribution in [2.75, 3.05) is 20.3 Å². The van der Waals surface area contributed by atoms with Gasteiger partial charge in [-0.2, -0.15) is 0 Å². The van der Waals surface area contributed by atoms with Gasteiger partial charge in [-0.3, -0.25) is 4.39 Å². The van der Waals surface area contributed by atoms with E-state index in [0.717, 1.165) is 5.56 Å². The second-order valence-corrected chi connectivity index (χ2v) is 2.89. The molecule has 0 unspecified atom stereocenters. The minimum atomic E-state index is -0.281. The van der Waals surface area contributed by atoms with Crippen LogP contribution in [0.1, 0.15) is 12.0 Å². The zero-order valence-electron chi connectivity index (χ0n) is 8.29. The highest BCUT2D eigenvalue weighted by molar-refractivity contribution is 5.24. The van der Waals surface area contributed by atoms with Crippen LogP contribution in [0.5, 0.6) is 5.88 Å². The normalized spacial score (nSPS) is 10.1. The van der Waals surface area contributed by atoms with Crippen molar-refractivity contribution < 1.29 is 9.13 Å². The van der Waals surface area contributed by atoms with Crippen LogP contribution < -0.4 is 10.1 Å². The number of pyridine rings is 1. The fourth-order valence-electron chi connectivity index (χ4n) is 1.16. The van der Waals surface area contributed by atoms with E-state index in [1.807, 2.05) is 12.1 Å². The predicted octanol–water partition coefficient (Wildman–Crippen LogP) is 1.54. The van der Waals surface area contributed by atoms with Gasteiger partial charge in [0.2, 0.25) is 5.88 Å². The maximum absolute atomic E-state index is 11.8. The summed E-state index contributed by atoms with van der Waals surface area (Å²) >= 11 is 0. The smallest absolute Gasteiger partial charge is 0.217 e. The molecule has 0 aliphatic heterocycles. The highest BCUT2D eigenvalue weighted by Gasteiger charge is 2.01. The number of halogens is 1. The van der Waals surface area contributed by atoms with Crippen LogP contribution in [-0.4, -0.2) is 25.3 Å². The molecule has 14 heavy (non-hydrogen) atoms. The van der Waals surface area contributed by atoms with Crippen molar-refractivity contribution in [2.24, 2.45) is 0 Å². The molecule has 1 aromatic heterocycles. The van der Waals surface area contributed by atoms with Crippen LogP contribution in [0.2, 0.25) is 0 Å². The second kappa shape index (κ2) is 6.32. The largest absolute Gasteiger partial charge is 0.481 e. The van der Waals surface area contributed by atoms with E-state index in [0.29, 0.717) is 25.4 Å². The maximum Gasteiger partial charge on any atom is 0.217 e. The molecular weight excluding hydrogens is 183 g/mol. The molecule has 0 atom stereocenters. The van der Waals surface area contributed by atoms with Crippen LogP contribution in [0.4, 0.5) is 4.39 Å². The summed E-state index contributed by atoms with van der Waals surface area (Å²) in [5.41, 5.74) is 0.994. The Morgan fingerprint density at radius 2 is 2.43 bits per heavy atom. The van der Waals surface area contributed by atoms with Gasteiger partial charge in [0.1, 0.15) is 0 Å². The molecule has 0 radical (unpaired) electrons. The van der Waals surface area contributed by atoms with Crippen molar-refractivity contribution in [3.8, 4) is 5.88 Å². The first-order valence-corrected chi connectivity index (χ1v) is 4.63. The van der Waals surface area contributed by atoms with Gasteiger partial charge in [0.25, 0.3) is 0 Å². The molecule has 1 heterocycles. The Balaban J connectivity index is 2.41. The number of nitrogens with zero attached hydrogens (tertiary/aromatic N) is 1. The first-order valence-electron chi connectivity index (χ1n) is 4.63. The Hall–Kier alpha value is -1.16. The molecule has 1 aromatic rings. The highest BCUT2D eigenvalue weighted by atomic mass is 19.1. The van der Waals surface area contributed by atoms with E-state index in [9.17, 15) is 4.39 Å². The lowest BCUT2D eigenvalue weighted by atomic mass is 10.2. The molecule has 0 aromatic carbocycles. The van der Waals surface area contributed by atoms with Gasteiger partial charge < -0.3 is 10.1 Å². The fourth-order valence-corrected chi connectivity index (χ4v) is 1.16. The predicted molar refractivity (Wildman–Crippen MR) is 53.1 cm³/mol. The number of hydrogen-bond donors (Lipinski definition) is 1. The average Bonchev–Trinajstić information content (AvgIpc) is 2.25. The molecule has 0 saturated heterocycles. The zero-order chi connectivity index (χ0) is 10.2. The molecule has 0 bridgehead atoms. The summed E-state index contributed by atoms with van der Waals surface area (Å²) in [6.45, 7) is 1.06. The zero-order valence-corrected chi connectivity index (χ0v) is 8.29. The Labute approximate surface area is 83.3 Å². The van der Waals surface area contributed by atoms with E-state index >= 15 is 0 Å². The van der Waals surface area contributed by atoms with Gasteiger partial charge in [0, 0.05) is 18.3 Å². The van der Waals surface area contributed by atoms with E-state index in [4.69, 9.17) is 4.74 Å². The van der Waals surface area contributed by atoms with Crippen molar-refractivity contribution in [1.82, 2.24) is 10.3 Å². The Kier molecular flexibility index (Phi) is 4.93. The van der Waals surface area contributed by atoms with E-state index < -0.39 is 0 Å². The van der Waals surface area contributed by atoms with Crippen molar-refractivity contribution in [3.05, 3.63) is 23.9 Å². The number of nitrogens with one attached hydrogen (secondary N) is 1. The summed E-state index contributed by atoms with van der Waals surface area (Å²) in [5, 5.41) is 3.12. The lowest BCUT2D eigenvalue weighted by Crippen LogP contribution is -2.15. The number of rotatable bonds is 6. The topological polar surface area (TPSA) is 34.1 Å². The summed E-state index contributed by atoms with van der Waals surface area (Å²) < 4.78 is 16.9. The summed E-state index contributed by atoms with van der Waals surface area (Å²) in [6.07, 6.45) is 2.23. The first-order chi connectivity index (χ1) is 6.88. The third-order valence-electron chi connectivity index (χ3n) is 1.85. The van der Waals surface area contributed by atoms with Gasteiger partial charge in [-0.15, -0.1) is 0 Å². The fraction of sp³-hybridized carbons (Fsp3) is 0.500. The van der Waals surface area contributed by atoms with Gasteiger partial charge >= 0.3 is 0 Å². The lowest BCUT2D eigenvalue weighted by Gasteiger charge is -2.07. The lowest BCUT2D eigenvalue weighted by molar-refractivity contribution is 0.389. The third-order valence-corrected chi connectivity index (χ3v) is 1.85. The third kappa shape index (κ3) is 3.30. The summed E-state index contributed by atoms with van der Waals surface area (Å²) in [7, 11) is 1.59. The summed E-state index contributed by atoms with van der Waals surface area (Å²) in [5.74, 6) is 0.625. The van der Waals surface area contributed by atoms with E-state index in [-0.39, 0.29) is 6.67 Å². The van der Waals surface area contributed by atoms with Gasteiger partial charge in [-0.05, 0) is 19.0 Å². The second-order valence-electron chi connectivity index (χ2n) is 2.89. The van der Waals surface area contributed by atoms with Crippen molar-refractivity contribution in [1.29, 1.82) is 0 Å². The van der Waals surface area contributed by atoms with Crippen molar-refractivity contribution in [2.45, 2.75) is 13.0 Å². The molecule has 1 N–H and O–H groups in total. The molecule has 1 rings (SSSR count). The molecular formula is C10H15FN2O. The Bertz CT molecular complexity index is 268. The number of methoxy groups -OCH3 is 1. The van der Waals surface area contributed by atoms with Crippen LogP contribution in [0, 0.1) is 0 Å². The Morgan fingerprint density at radius 3 is 3.14 bits per heavy atom. The summed E-state index contributed by atoms with van der Waals surface area (Å²) in [6, 6.07) is 3.79. The molecule has 0 aliphatic rings. The van der Waals surface area contributed by atoms with Crippen LogP contribution in [0.15, 0.2) is 18.3 Å². The Morgan fingerprint density at radius 1 is 1.57 bits per heavy atom. The SMILES string of the molecule is COc1ncccc1CNCCCF. The first kappa shape index (κ1) is 10.9. The van der Waals surface area contributed by atoms with Gasteiger partial charge in [0.05, 0.1) is 13.8 Å². The molecule has 0 amide bonds. The number of hydrogen-bond acceptors (Lipinski definition) is 3. The van der Waals surface area contributed by atoms with E-state index in [1.165, 1.54) is 0 Å². The number of ether oxygens (including phenoxy) is 1. The maximum atomic E-state index is 11.8. The molecule has 3 nitrogen and oxygen atoms in total. The van der Waals surface area contributed by atoms with E-state index in [1.54, 1.807) is 13.3 Å². The van der Waals surface area contributed by atoms with Gasteiger partial charge in [-0.1, -0.05) is 6.07 Å². The monoisotopic (exact) mass is 198 g/mol.